The van der Waals surface area contributed by atoms with E-state index in [9.17, 15) is 14.4 Å². The van der Waals surface area contributed by atoms with Gasteiger partial charge in [0.15, 0.2) is 6.10 Å². The van der Waals surface area contributed by atoms with Crippen molar-refractivity contribution in [1.29, 1.82) is 0 Å². The second kappa shape index (κ2) is 9.21. The van der Waals surface area contributed by atoms with Gasteiger partial charge in [0.2, 0.25) is 0 Å². The van der Waals surface area contributed by atoms with Gasteiger partial charge in [-0.1, -0.05) is 26.7 Å². The van der Waals surface area contributed by atoms with E-state index in [0.29, 0.717) is 24.2 Å². The number of hydrogen-bond donors (Lipinski definition) is 2. The third-order valence-electron chi connectivity index (χ3n) is 4.20. The van der Waals surface area contributed by atoms with Crippen molar-refractivity contribution >= 4 is 22.8 Å². The largest absolute Gasteiger partial charge is 0.481 e. The minimum atomic E-state index is -1.08. The first-order chi connectivity index (χ1) is 12.8. The fraction of sp³-hybridized carbons (Fsp3) is 0.450. The number of carboxylic acids is 1. The molecule has 0 aliphatic heterocycles. The van der Waals surface area contributed by atoms with Crippen LogP contribution in [0.15, 0.2) is 33.5 Å². The molecular weight excluding hydrogens is 350 g/mol. The molecule has 1 heterocycles. The van der Waals surface area contributed by atoms with E-state index < -0.39 is 29.6 Å². The summed E-state index contributed by atoms with van der Waals surface area (Å²) in [5.41, 5.74) is 0.869. The molecule has 0 aliphatic carbocycles. The Morgan fingerprint density at radius 1 is 1.22 bits per heavy atom. The van der Waals surface area contributed by atoms with Crippen LogP contribution in [0.1, 0.15) is 45.6 Å². The standard InChI is InChI=1S/C20H25NO6/c1-4-6-13-10-18(22)27-17-11-14(8-9-15(13)17)26-12(3)19(23)21-16(7-5-2)20(24)25/h8-12,16H,4-7H2,1-3H3,(H,21,23)(H,24,25). The van der Waals surface area contributed by atoms with Crippen molar-refractivity contribution < 1.29 is 23.8 Å². The topological polar surface area (TPSA) is 106 Å². The Labute approximate surface area is 157 Å². The Kier molecular flexibility index (Phi) is 6.98. The molecule has 146 valence electrons. The van der Waals surface area contributed by atoms with Crippen molar-refractivity contribution in [2.45, 2.75) is 58.6 Å². The van der Waals surface area contributed by atoms with Gasteiger partial charge in [-0.25, -0.2) is 9.59 Å². The summed E-state index contributed by atoms with van der Waals surface area (Å²) in [6, 6.07) is 5.61. The van der Waals surface area contributed by atoms with E-state index in [2.05, 4.69) is 5.32 Å². The highest BCUT2D eigenvalue weighted by atomic mass is 16.5. The second-order valence-electron chi connectivity index (χ2n) is 6.45. The number of carbonyl (C=O) groups excluding carboxylic acids is 1. The maximum Gasteiger partial charge on any atom is 0.336 e. The molecule has 0 radical (unpaired) electrons. The van der Waals surface area contributed by atoms with E-state index in [0.717, 1.165) is 23.8 Å². The number of fused-ring (bicyclic) bond motifs is 1. The average molecular weight is 375 g/mol. The summed E-state index contributed by atoms with van der Waals surface area (Å²) >= 11 is 0. The number of carbonyl (C=O) groups is 2. The van der Waals surface area contributed by atoms with Gasteiger partial charge in [-0.05, 0) is 37.5 Å². The lowest BCUT2D eigenvalue weighted by Gasteiger charge is -2.18. The van der Waals surface area contributed by atoms with Crippen LogP contribution >= 0.6 is 0 Å². The van der Waals surface area contributed by atoms with Crippen molar-refractivity contribution in [2.24, 2.45) is 0 Å². The van der Waals surface area contributed by atoms with Crippen LogP contribution in [0.2, 0.25) is 0 Å². The van der Waals surface area contributed by atoms with Crippen LogP contribution in [0.4, 0.5) is 0 Å². The first-order valence-corrected chi connectivity index (χ1v) is 9.12. The van der Waals surface area contributed by atoms with Gasteiger partial charge in [-0.3, -0.25) is 4.79 Å². The number of rotatable bonds is 9. The zero-order valence-corrected chi connectivity index (χ0v) is 15.8. The maximum absolute atomic E-state index is 12.2. The molecule has 2 atom stereocenters. The summed E-state index contributed by atoms with van der Waals surface area (Å²) in [6.45, 7) is 5.41. The van der Waals surface area contributed by atoms with Gasteiger partial charge < -0.3 is 19.6 Å². The van der Waals surface area contributed by atoms with Crippen molar-refractivity contribution in [2.75, 3.05) is 0 Å². The molecule has 2 rings (SSSR count). The number of hydrogen-bond acceptors (Lipinski definition) is 5. The third-order valence-corrected chi connectivity index (χ3v) is 4.20. The van der Waals surface area contributed by atoms with Crippen LogP contribution in [0.25, 0.3) is 11.0 Å². The number of nitrogens with one attached hydrogen (secondary N) is 1. The molecule has 2 N–H and O–H groups in total. The molecule has 2 unspecified atom stereocenters. The van der Waals surface area contributed by atoms with Crippen molar-refractivity contribution in [1.82, 2.24) is 5.32 Å². The Hall–Kier alpha value is -2.83. The summed E-state index contributed by atoms with van der Waals surface area (Å²) in [5.74, 6) is -1.23. The molecule has 27 heavy (non-hydrogen) atoms. The number of benzene rings is 1. The molecule has 1 amide bonds. The first-order valence-electron chi connectivity index (χ1n) is 9.12. The number of aryl methyl sites for hydroxylation is 1. The molecule has 0 spiro atoms. The molecule has 0 fully saturated rings. The van der Waals surface area contributed by atoms with E-state index in [1.165, 1.54) is 13.0 Å². The monoisotopic (exact) mass is 375 g/mol. The fourth-order valence-electron chi connectivity index (χ4n) is 2.85. The van der Waals surface area contributed by atoms with Crippen LogP contribution in [0, 0.1) is 0 Å². The van der Waals surface area contributed by atoms with E-state index in [4.69, 9.17) is 14.3 Å². The van der Waals surface area contributed by atoms with Gasteiger partial charge in [0.05, 0.1) is 0 Å². The quantitative estimate of drug-likeness (QED) is 0.653. The van der Waals surface area contributed by atoms with Crippen LogP contribution in [0.3, 0.4) is 0 Å². The highest BCUT2D eigenvalue weighted by molar-refractivity contribution is 5.86. The normalized spacial score (nSPS) is 13.1. The van der Waals surface area contributed by atoms with E-state index in [-0.39, 0.29) is 0 Å². The maximum atomic E-state index is 12.2. The zero-order valence-electron chi connectivity index (χ0n) is 15.8. The minimum Gasteiger partial charge on any atom is -0.481 e. The Morgan fingerprint density at radius 3 is 2.59 bits per heavy atom. The Balaban J connectivity index is 2.16. The molecule has 1 aromatic heterocycles. The lowest BCUT2D eigenvalue weighted by atomic mass is 10.1. The smallest absolute Gasteiger partial charge is 0.336 e. The number of ether oxygens (including phenoxy) is 1. The minimum absolute atomic E-state index is 0.342. The molecule has 7 heteroatoms. The highest BCUT2D eigenvalue weighted by Crippen LogP contribution is 2.24. The van der Waals surface area contributed by atoms with Gasteiger partial charge in [0.25, 0.3) is 5.91 Å². The van der Waals surface area contributed by atoms with E-state index in [1.807, 2.05) is 13.8 Å². The van der Waals surface area contributed by atoms with Crippen LogP contribution in [0.5, 0.6) is 5.75 Å². The van der Waals surface area contributed by atoms with Gasteiger partial charge in [0.1, 0.15) is 17.4 Å². The Morgan fingerprint density at radius 2 is 1.96 bits per heavy atom. The van der Waals surface area contributed by atoms with E-state index >= 15 is 0 Å². The van der Waals surface area contributed by atoms with Gasteiger partial charge >= 0.3 is 11.6 Å². The average Bonchev–Trinajstić information content (AvgIpc) is 2.60. The zero-order chi connectivity index (χ0) is 20.0. The predicted molar refractivity (Wildman–Crippen MR) is 101 cm³/mol. The SMILES string of the molecule is CCCc1cc(=O)oc2cc(OC(C)C(=O)NC(CCC)C(=O)O)ccc12. The van der Waals surface area contributed by atoms with Crippen LogP contribution in [-0.4, -0.2) is 29.1 Å². The summed E-state index contributed by atoms with van der Waals surface area (Å²) in [7, 11) is 0. The highest BCUT2D eigenvalue weighted by Gasteiger charge is 2.23. The lowest BCUT2D eigenvalue weighted by Crippen LogP contribution is -2.46. The fourth-order valence-corrected chi connectivity index (χ4v) is 2.85. The lowest BCUT2D eigenvalue weighted by molar-refractivity contribution is -0.143. The van der Waals surface area contributed by atoms with E-state index in [1.54, 1.807) is 18.2 Å². The molecule has 0 saturated carbocycles. The number of carboxylic acid groups (broad SMARTS) is 1. The molecular formula is C20H25NO6. The summed E-state index contributed by atoms with van der Waals surface area (Å²) in [5, 5.41) is 12.4. The molecule has 2 aromatic rings. The molecule has 1 aromatic carbocycles. The van der Waals surface area contributed by atoms with Crippen molar-refractivity contribution in [3.63, 3.8) is 0 Å². The van der Waals surface area contributed by atoms with Gasteiger partial charge in [-0.2, -0.15) is 0 Å². The van der Waals surface area contributed by atoms with Gasteiger partial charge in [-0.15, -0.1) is 0 Å². The van der Waals surface area contributed by atoms with Crippen LogP contribution in [-0.2, 0) is 16.0 Å². The number of amides is 1. The molecule has 7 nitrogen and oxygen atoms in total. The van der Waals surface area contributed by atoms with Crippen molar-refractivity contribution in [3.05, 3.63) is 40.2 Å². The molecule has 0 bridgehead atoms. The summed E-state index contributed by atoms with van der Waals surface area (Å²) < 4.78 is 10.9. The summed E-state index contributed by atoms with van der Waals surface area (Å²) in [6.07, 6.45) is 1.74. The first kappa shape index (κ1) is 20.5. The van der Waals surface area contributed by atoms with Crippen LogP contribution < -0.4 is 15.7 Å². The summed E-state index contributed by atoms with van der Waals surface area (Å²) in [4.78, 5) is 35.1. The third kappa shape index (κ3) is 5.32. The molecule has 0 aliphatic rings. The predicted octanol–water partition coefficient (Wildman–Crippen LogP) is 2.88. The van der Waals surface area contributed by atoms with Crippen molar-refractivity contribution in [3.8, 4) is 5.75 Å². The Bertz CT molecular complexity index is 872. The number of aliphatic carboxylic acids is 1. The van der Waals surface area contributed by atoms with Gasteiger partial charge in [0, 0.05) is 17.5 Å². The molecule has 0 saturated heterocycles. The second-order valence-corrected chi connectivity index (χ2v) is 6.45.